The van der Waals surface area contributed by atoms with Gasteiger partial charge in [-0.25, -0.2) is 0 Å². The summed E-state index contributed by atoms with van der Waals surface area (Å²) in [4.78, 5) is 24.3. The molecule has 0 aromatic heterocycles. The number of carbonyl (C=O) groups is 2. The zero-order valence-electron chi connectivity index (χ0n) is 15.1. The maximum Gasteiger partial charge on any atom is 0.276 e. The van der Waals surface area contributed by atoms with E-state index >= 15 is 0 Å². The largest absolute Gasteiger partial charge is 0.484 e. The number of ether oxygens (including phenoxy) is 1. The number of hydrazine groups is 1. The summed E-state index contributed by atoms with van der Waals surface area (Å²) in [5.74, 6) is -0.0848. The molecule has 5 heteroatoms. The predicted octanol–water partition coefficient (Wildman–Crippen LogP) is 2.81. The van der Waals surface area contributed by atoms with Gasteiger partial charge < -0.3 is 4.74 Å². The second-order valence-corrected chi connectivity index (χ2v) is 6.61. The van der Waals surface area contributed by atoms with E-state index in [1.165, 1.54) is 0 Å². The third-order valence-corrected chi connectivity index (χ3v) is 3.94. The van der Waals surface area contributed by atoms with Crippen LogP contribution in [0.3, 0.4) is 0 Å². The Labute approximate surface area is 148 Å². The van der Waals surface area contributed by atoms with Crippen molar-refractivity contribution >= 4 is 11.8 Å². The first kappa shape index (κ1) is 18.5. The lowest BCUT2D eigenvalue weighted by molar-refractivity contribution is -0.132. The lowest BCUT2D eigenvalue weighted by Crippen LogP contribution is -2.50. The van der Waals surface area contributed by atoms with Crippen LogP contribution in [0.5, 0.6) is 5.75 Å². The maximum atomic E-state index is 12.4. The quantitative estimate of drug-likeness (QED) is 0.823. The van der Waals surface area contributed by atoms with Gasteiger partial charge in [0.25, 0.3) is 5.91 Å². The standard InChI is InChI=1S/C20H24N2O3/c1-14-10-15(2)12-17(11-14)25-13-18(23)21-22-19(24)20(3,4)16-8-6-5-7-9-16/h5-12H,13H2,1-4H3,(H,21,23)(H,22,24). The van der Waals surface area contributed by atoms with E-state index in [9.17, 15) is 9.59 Å². The van der Waals surface area contributed by atoms with Gasteiger partial charge in [0.2, 0.25) is 5.91 Å². The van der Waals surface area contributed by atoms with Gasteiger partial charge in [0, 0.05) is 0 Å². The van der Waals surface area contributed by atoms with E-state index in [-0.39, 0.29) is 12.5 Å². The van der Waals surface area contributed by atoms with Gasteiger partial charge in [-0.15, -0.1) is 0 Å². The first-order chi connectivity index (χ1) is 11.8. The SMILES string of the molecule is Cc1cc(C)cc(OCC(=O)NNC(=O)C(C)(C)c2ccccc2)c1. The molecule has 0 saturated carbocycles. The van der Waals surface area contributed by atoms with Crippen LogP contribution in [0.25, 0.3) is 0 Å². The Morgan fingerprint density at radius 3 is 2.16 bits per heavy atom. The molecule has 2 amide bonds. The summed E-state index contributed by atoms with van der Waals surface area (Å²) in [6.07, 6.45) is 0. The Bertz CT molecular complexity index is 735. The molecule has 2 aromatic rings. The van der Waals surface area contributed by atoms with Crippen LogP contribution >= 0.6 is 0 Å². The molecule has 2 aromatic carbocycles. The highest BCUT2D eigenvalue weighted by Crippen LogP contribution is 2.22. The number of hydrogen-bond acceptors (Lipinski definition) is 3. The van der Waals surface area contributed by atoms with Crippen molar-refractivity contribution in [2.75, 3.05) is 6.61 Å². The molecule has 0 heterocycles. The van der Waals surface area contributed by atoms with E-state index in [4.69, 9.17) is 4.74 Å². The molecule has 0 atom stereocenters. The van der Waals surface area contributed by atoms with Crippen molar-refractivity contribution in [3.63, 3.8) is 0 Å². The summed E-state index contributed by atoms with van der Waals surface area (Å²) in [5.41, 5.74) is 7.09. The van der Waals surface area contributed by atoms with Gasteiger partial charge in [-0.2, -0.15) is 0 Å². The van der Waals surface area contributed by atoms with Crippen molar-refractivity contribution < 1.29 is 14.3 Å². The molecule has 0 aliphatic carbocycles. The molecule has 0 aliphatic rings. The molecule has 132 valence electrons. The van der Waals surface area contributed by atoms with Crippen LogP contribution in [0.15, 0.2) is 48.5 Å². The highest BCUT2D eigenvalue weighted by atomic mass is 16.5. The molecular formula is C20H24N2O3. The van der Waals surface area contributed by atoms with Crippen LogP contribution in [-0.2, 0) is 15.0 Å². The zero-order chi connectivity index (χ0) is 18.4. The molecule has 2 N–H and O–H groups in total. The van der Waals surface area contributed by atoms with Crippen molar-refractivity contribution in [1.29, 1.82) is 0 Å². The van der Waals surface area contributed by atoms with E-state index in [1.807, 2.05) is 62.4 Å². The maximum absolute atomic E-state index is 12.4. The molecule has 0 radical (unpaired) electrons. The van der Waals surface area contributed by atoms with Gasteiger partial charge in [0.1, 0.15) is 5.75 Å². The summed E-state index contributed by atoms with van der Waals surface area (Å²) < 4.78 is 5.47. The molecule has 0 fully saturated rings. The van der Waals surface area contributed by atoms with Gasteiger partial charge in [0.05, 0.1) is 5.41 Å². The molecule has 0 saturated heterocycles. The van der Waals surface area contributed by atoms with Crippen LogP contribution in [0.1, 0.15) is 30.5 Å². The average Bonchev–Trinajstić information content (AvgIpc) is 2.57. The van der Waals surface area contributed by atoms with Gasteiger partial charge >= 0.3 is 0 Å². The minimum Gasteiger partial charge on any atom is -0.484 e. The third kappa shape index (κ3) is 5.08. The average molecular weight is 340 g/mol. The van der Waals surface area contributed by atoms with Crippen molar-refractivity contribution in [2.45, 2.75) is 33.1 Å². The number of amides is 2. The van der Waals surface area contributed by atoms with Crippen LogP contribution in [-0.4, -0.2) is 18.4 Å². The Balaban J connectivity index is 1.86. The fourth-order valence-electron chi connectivity index (χ4n) is 2.47. The van der Waals surface area contributed by atoms with E-state index in [2.05, 4.69) is 10.9 Å². The van der Waals surface area contributed by atoms with Crippen molar-refractivity contribution in [3.8, 4) is 5.75 Å². The van der Waals surface area contributed by atoms with Gasteiger partial charge in [-0.3, -0.25) is 20.4 Å². The van der Waals surface area contributed by atoms with Crippen molar-refractivity contribution in [1.82, 2.24) is 10.9 Å². The topological polar surface area (TPSA) is 67.4 Å². The fourth-order valence-corrected chi connectivity index (χ4v) is 2.47. The van der Waals surface area contributed by atoms with E-state index in [0.29, 0.717) is 5.75 Å². The monoisotopic (exact) mass is 340 g/mol. The van der Waals surface area contributed by atoms with Crippen LogP contribution in [0.2, 0.25) is 0 Å². The van der Waals surface area contributed by atoms with E-state index in [0.717, 1.165) is 16.7 Å². The smallest absolute Gasteiger partial charge is 0.276 e. The minimum absolute atomic E-state index is 0.172. The lowest BCUT2D eigenvalue weighted by atomic mass is 9.84. The van der Waals surface area contributed by atoms with E-state index in [1.54, 1.807) is 13.8 Å². The Morgan fingerprint density at radius 2 is 1.56 bits per heavy atom. The summed E-state index contributed by atoms with van der Waals surface area (Å²) in [7, 11) is 0. The summed E-state index contributed by atoms with van der Waals surface area (Å²) in [6.45, 7) is 7.36. The highest BCUT2D eigenvalue weighted by Gasteiger charge is 2.29. The summed E-state index contributed by atoms with van der Waals surface area (Å²) >= 11 is 0. The first-order valence-electron chi connectivity index (χ1n) is 8.15. The molecule has 0 spiro atoms. The lowest BCUT2D eigenvalue weighted by Gasteiger charge is -2.24. The van der Waals surface area contributed by atoms with Gasteiger partial charge in [-0.05, 0) is 56.5 Å². The molecule has 25 heavy (non-hydrogen) atoms. The van der Waals surface area contributed by atoms with Crippen LogP contribution in [0, 0.1) is 13.8 Å². The number of hydrogen-bond donors (Lipinski definition) is 2. The number of benzene rings is 2. The van der Waals surface area contributed by atoms with Crippen molar-refractivity contribution in [2.24, 2.45) is 0 Å². The Kier molecular flexibility index (Phi) is 5.80. The summed E-state index contributed by atoms with van der Waals surface area (Å²) in [6, 6.07) is 15.1. The molecule has 0 aliphatic heterocycles. The zero-order valence-corrected chi connectivity index (χ0v) is 15.1. The number of nitrogens with one attached hydrogen (secondary N) is 2. The Hall–Kier alpha value is -2.82. The van der Waals surface area contributed by atoms with E-state index < -0.39 is 11.3 Å². The molecule has 2 rings (SSSR count). The van der Waals surface area contributed by atoms with Crippen molar-refractivity contribution in [3.05, 3.63) is 65.2 Å². The van der Waals surface area contributed by atoms with Crippen LogP contribution < -0.4 is 15.6 Å². The highest BCUT2D eigenvalue weighted by molar-refractivity contribution is 5.89. The fraction of sp³-hybridized carbons (Fsp3) is 0.300. The second-order valence-electron chi connectivity index (χ2n) is 6.61. The Morgan fingerprint density at radius 1 is 0.960 bits per heavy atom. The van der Waals surface area contributed by atoms with Gasteiger partial charge in [0.15, 0.2) is 6.61 Å². The normalized spacial score (nSPS) is 10.9. The number of rotatable bonds is 5. The minimum atomic E-state index is -0.761. The number of aryl methyl sites for hydroxylation is 2. The molecule has 0 unspecified atom stereocenters. The molecular weight excluding hydrogens is 316 g/mol. The van der Waals surface area contributed by atoms with Crippen LogP contribution in [0.4, 0.5) is 0 Å². The number of carbonyl (C=O) groups excluding carboxylic acids is 2. The molecule has 0 bridgehead atoms. The first-order valence-corrected chi connectivity index (χ1v) is 8.15. The van der Waals surface area contributed by atoms with Gasteiger partial charge in [-0.1, -0.05) is 36.4 Å². The third-order valence-electron chi connectivity index (χ3n) is 3.94. The summed E-state index contributed by atoms with van der Waals surface area (Å²) in [5, 5.41) is 0. The predicted molar refractivity (Wildman–Crippen MR) is 97.2 cm³/mol. The second kappa shape index (κ2) is 7.83. The molecule has 5 nitrogen and oxygen atoms in total.